The number of hydrogen-bond donors (Lipinski definition) is 2. The molecule has 3 atom stereocenters. The summed E-state index contributed by atoms with van der Waals surface area (Å²) < 4.78 is 0. The van der Waals surface area contributed by atoms with Crippen LogP contribution in [0.5, 0.6) is 0 Å². The standard InChI is InChI=1S/C14H30N2O/c1-11(2)12(3)16(4)9-7-13-6-5-8-14(13,17)10-15/h11-13,17H,5-10,15H2,1-4H3. The summed E-state index contributed by atoms with van der Waals surface area (Å²) in [4.78, 5) is 2.40. The molecule has 1 aliphatic carbocycles. The van der Waals surface area contributed by atoms with Gasteiger partial charge in [-0.2, -0.15) is 0 Å². The van der Waals surface area contributed by atoms with E-state index in [9.17, 15) is 5.11 Å². The molecule has 1 saturated carbocycles. The second kappa shape index (κ2) is 6.17. The molecule has 0 amide bonds. The second-order valence-electron chi connectivity index (χ2n) is 6.15. The van der Waals surface area contributed by atoms with Gasteiger partial charge in [0.15, 0.2) is 0 Å². The summed E-state index contributed by atoms with van der Waals surface area (Å²) >= 11 is 0. The predicted octanol–water partition coefficient (Wildman–Crippen LogP) is 1.84. The molecule has 1 rings (SSSR count). The van der Waals surface area contributed by atoms with Crippen LogP contribution in [0.15, 0.2) is 0 Å². The molecule has 0 bridgehead atoms. The molecule has 0 radical (unpaired) electrons. The lowest BCUT2D eigenvalue weighted by Gasteiger charge is -2.32. The van der Waals surface area contributed by atoms with E-state index < -0.39 is 5.60 Å². The topological polar surface area (TPSA) is 49.5 Å². The molecule has 0 spiro atoms. The van der Waals surface area contributed by atoms with Crippen molar-refractivity contribution in [3.8, 4) is 0 Å². The van der Waals surface area contributed by atoms with Gasteiger partial charge >= 0.3 is 0 Å². The van der Waals surface area contributed by atoms with Gasteiger partial charge in [0, 0.05) is 12.6 Å². The normalized spacial score (nSPS) is 31.4. The van der Waals surface area contributed by atoms with Crippen LogP contribution in [0.4, 0.5) is 0 Å². The number of nitrogens with two attached hydrogens (primary N) is 1. The Labute approximate surface area is 106 Å². The Morgan fingerprint density at radius 1 is 1.41 bits per heavy atom. The SMILES string of the molecule is CC(C)C(C)N(C)CCC1CCCC1(O)CN. The average Bonchev–Trinajstić information content (AvgIpc) is 2.67. The molecule has 1 fully saturated rings. The van der Waals surface area contributed by atoms with Crippen LogP contribution in [-0.2, 0) is 0 Å². The van der Waals surface area contributed by atoms with Crippen molar-refractivity contribution in [2.75, 3.05) is 20.1 Å². The van der Waals surface area contributed by atoms with E-state index in [1.165, 1.54) is 0 Å². The first-order valence-corrected chi connectivity index (χ1v) is 7.03. The zero-order valence-electron chi connectivity index (χ0n) is 11.9. The Balaban J connectivity index is 2.40. The molecule has 3 nitrogen and oxygen atoms in total. The van der Waals surface area contributed by atoms with E-state index in [-0.39, 0.29) is 0 Å². The highest BCUT2D eigenvalue weighted by atomic mass is 16.3. The Bertz CT molecular complexity index is 232. The fraction of sp³-hybridized carbons (Fsp3) is 1.00. The van der Waals surface area contributed by atoms with Crippen molar-refractivity contribution in [3.05, 3.63) is 0 Å². The van der Waals surface area contributed by atoms with E-state index >= 15 is 0 Å². The van der Waals surface area contributed by atoms with Gasteiger partial charge in [0.1, 0.15) is 0 Å². The molecule has 0 heterocycles. The van der Waals surface area contributed by atoms with E-state index in [0.717, 1.165) is 32.2 Å². The fourth-order valence-corrected chi connectivity index (χ4v) is 2.88. The Morgan fingerprint density at radius 3 is 2.59 bits per heavy atom. The van der Waals surface area contributed by atoms with Crippen LogP contribution in [0.25, 0.3) is 0 Å². The van der Waals surface area contributed by atoms with Gasteiger partial charge in [-0.05, 0) is 51.6 Å². The highest BCUT2D eigenvalue weighted by Crippen LogP contribution is 2.37. The molecule has 3 unspecified atom stereocenters. The fourth-order valence-electron chi connectivity index (χ4n) is 2.88. The lowest BCUT2D eigenvalue weighted by atomic mass is 9.88. The van der Waals surface area contributed by atoms with Crippen molar-refractivity contribution in [1.29, 1.82) is 0 Å². The van der Waals surface area contributed by atoms with Gasteiger partial charge in [0.25, 0.3) is 0 Å². The second-order valence-corrected chi connectivity index (χ2v) is 6.15. The van der Waals surface area contributed by atoms with Gasteiger partial charge in [-0.1, -0.05) is 20.3 Å². The van der Waals surface area contributed by atoms with Crippen LogP contribution < -0.4 is 5.73 Å². The molecular formula is C14H30N2O. The summed E-state index contributed by atoms with van der Waals surface area (Å²) in [6.07, 6.45) is 4.22. The summed E-state index contributed by atoms with van der Waals surface area (Å²) in [7, 11) is 2.18. The Morgan fingerprint density at radius 2 is 2.06 bits per heavy atom. The maximum absolute atomic E-state index is 10.4. The first kappa shape index (κ1) is 14.9. The zero-order valence-corrected chi connectivity index (χ0v) is 11.9. The van der Waals surface area contributed by atoms with Crippen molar-refractivity contribution in [3.63, 3.8) is 0 Å². The maximum Gasteiger partial charge on any atom is 0.0797 e. The van der Waals surface area contributed by atoms with Crippen molar-refractivity contribution in [2.24, 2.45) is 17.6 Å². The third-order valence-electron chi connectivity index (χ3n) is 4.77. The van der Waals surface area contributed by atoms with E-state index in [4.69, 9.17) is 5.73 Å². The smallest absolute Gasteiger partial charge is 0.0797 e. The highest BCUT2D eigenvalue weighted by molar-refractivity contribution is 4.93. The summed E-state index contributed by atoms with van der Waals surface area (Å²) in [6, 6.07) is 0.599. The Kier molecular flexibility index (Phi) is 5.42. The first-order chi connectivity index (χ1) is 7.90. The number of aliphatic hydroxyl groups is 1. The maximum atomic E-state index is 10.4. The van der Waals surface area contributed by atoms with Crippen LogP contribution in [-0.4, -0.2) is 41.8 Å². The van der Waals surface area contributed by atoms with Gasteiger partial charge in [0.05, 0.1) is 5.60 Å². The van der Waals surface area contributed by atoms with Crippen LogP contribution in [0, 0.1) is 11.8 Å². The van der Waals surface area contributed by atoms with E-state index in [0.29, 0.717) is 24.4 Å². The van der Waals surface area contributed by atoms with Crippen LogP contribution in [0.1, 0.15) is 46.5 Å². The minimum Gasteiger partial charge on any atom is -0.388 e. The molecule has 3 heteroatoms. The summed E-state index contributed by atoms with van der Waals surface area (Å²) in [5, 5.41) is 10.4. The molecule has 0 aliphatic heterocycles. The molecule has 0 aromatic rings. The van der Waals surface area contributed by atoms with Gasteiger partial charge < -0.3 is 15.7 Å². The summed E-state index contributed by atoms with van der Waals surface area (Å²) in [5.41, 5.74) is 5.13. The van der Waals surface area contributed by atoms with Crippen LogP contribution in [0.3, 0.4) is 0 Å². The molecule has 102 valence electrons. The van der Waals surface area contributed by atoms with Crippen LogP contribution >= 0.6 is 0 Å². The van der Waals surface area contributed by atoms with E-state index in [2.05, 4.69) is 32.7 Å². The molecule has 3 N–H and O–H groups in total. The highest BCUT2D eigenvalue weighted by Gasteiger charge is 2.39. The molecule has 0 saturated heterocycles. The molecule has 17 heavy (non-hydrogen) atoms. The first-order valence-electron chi connectivity index (χ1n) is 7.03. The number of rotatable bonds is 6. The minimum atomic E-state index is -0.581. The monoisotopic (exact) mass is 242 g/mol. The number of hydrogen-bond acceptors (Lipinski definition) is 3. The number of nitrogens with zero attached hydrogens (tertiary/aromatic N) is 1. The van der Waals surface area contributed by atoms with Gasteiger partial charge in [-0.15, -0.1) is 0 Å². The van der Waals surface area contributed by atoms with Crippen LogP contribution in [0.2, 0.25) is 0 Å². The summed E-state index contributed by atoms with van der Waals surface area (Å²) in [5.74, 6) is 1.08. The molecule has 1 aliphatic rings. The van der Waals surface area contributed by atoms with Gasteiger partial charge in [0.2, 0.25) is 0 Å². The lowest BCUT2D eigenvalue weighted by Crippen LogP contribution is -2.43. The van der Waals surface area contributed by atoms with E-state index in [1.54, 1.807) is 0 Å². The third-order valence-corrected chi connectivity index (χ3v) is 4.77. The van der Waals surface area contributed by atoms with Gasteiger partial charge in [-0.25, -0.2) is 0 Å². The average molecular weight is 242 g/mol. The van der Waals surface area contributed by atoms with Crippen molar-refractivity contribution >= 4 is 0 Å². The molecular weight excluding hydrogens is 212 g/mol. The minimum absolute atomic E-state index is 0.398. The Hall–Kier alpha value is -0.120. The largest absolute Gasteiger partial charge is 0.388 e. The lowest BCUT2D eigenvalue weighted by molar-refractivity contribution is 0.00366. The van der Waals surface area contributed by atoms with Crippen molar-refractivity contribution in [1.82, 2.24) is 4.90 Å². The van der Waals surface area contributed by atoms with Crippen molar-refractivity contribution < 1.29 is 5.11 Å². The third kappa shape index (κ3) is 3.67. The molecule has 0 aromatic carbocycles. The quantitative estimate of drug-likeness (QED) is 0.747. The predicted molar refractivity (Wildman–Crippen MR) is 72.9 cm³/mol. The zero-order chi connectivity index (χ0) is 13.1. The van der Waals surface area contributed by atoms with E-state index in [1.807, 2.05) is 0 Å². The molecule has 0 aromatic heterocycles. The van der Waals surface area contributed by atoms with Gasteiger partial charge in [-0.3, -0.25) is 0 Å². The van der Waals surface area contributed by atoms with Crippen molar-refractivity contribution in [2.45, 2.75) is 58.1 Å². The summed E-state index contributed by atoms with van der Waals surface area (Å²) in [6.45, 7) is 8.27.